The van der Waals surface area contributed by atoms with Gasteiger partial charge >= 0.3 is 12.1 Å². The zero-order chi connectivity index (χ0) is 14.5. The first-order chi connectivity index (χ1) is 9.60. The van der Waals surface area contributed by atoms with Crippen molar-refractivity contribution in [2.75, 3.05) is 26.7 Å². The van der Waals surface area contributed by atoms with Gasteiger partial charge < -0.3 is 20.1 Å². The summed E-state index contributed by atoms with van der Waals surface area (Å²) in [7, 11) is 1.33. The van der Waals surface area contributed by atoms with E-state index in [0.717, 1.165) is 6.54 Å². The lowest BCUT2D eigenvalue weighted by molar-refractivity contribution is -0.143. The molecule has 0 aromatic carbocycles. The number of hydrogen-bond donors (Lipinski definition) is 2. The number of nitrogens with zero attached hydrogens (tertiary/aromatic N) is 1. The van der Waals surface area contributed by atoms with Gasteiger partial charge in [-0.3, -0.25) is 4.79 Å². The van der Waals surface area contributed by atoms with Crippen LogP contribution in [0.4, 0.5) is 4.79 Å². The Morgan fingerprint density at radius 1 is 1.30 bits per heavy atom. The lowest BCUT2D eigenvalue weighted by Crippen LogP contribution is -2.53. The molecule has 2 atom stereocenters. The number of methoxy groups -OCH3 is 1. The van der Waals surface area contributed by atoms with Gasteiger partial charge in [-0.05, 0) is 31.7 Å². The number of nitrogens with one attached hydrogen (secondary N) is 1. The molecule has 6 nitrogen and oxygen atoms in total. The van der Waals surface area contributed by atoms with Gasteiger partial charge in [0.15, 0.2) is 0 Å². The molecule has 2 unspecified atom stereocenters. The molecule has 1 saturated carbocycles. The van der Waals surface area contributed by atoms with Crippen molar-refractivity contribution in [2.24, 2.45) is 11.8 Å². The summed E-state index contributed by atoms with van der Waals surface area (Å²) in [5.74, 6) is -0.651. The normalized spacial score (nSPS) is 27.6. The van der Waals surface area contributed by atoms with Gasteiger partial charge in [0.25, 0.3) is 0 Å². The lowest BCUT2D eigenvalue weighted by atomic mass is 9.94. The minimum absolute atomic E-state index is 0.0459. The topological polar surface area (TPSA) is 78.9 Å². The minimum Gasteiger partial charge on any atom is -0.481 e. The fourth-order valence-electron chi connectivity index (χ4n) is 3.25. The third-order valence-corrected chi connectivity index (χ3v) is 4.40. The second kappa shape index (κ2) is 6.92. The molecule has 114 valence electrons. The molecule has 1 aliphatic heterocycles. The average Bonchev–Trinajstić information content (AvgIpc) is 2.97. The summed E-state index contributed by atoms with van der Waals surface area (Å²) < 4.78 is 4.71. The molecule has 2 fully saturated rings. The third kappa shape index (κ3) is 3.85. The van der Waals surface area contributed by atoms with Gasteiger partial charge in [-0.1, -0.05) is 12.8 Å². The number of likely N-dealkylation sites (tertiary alicyclic amines) is 1. The van der Waals surface area contributed by atoms with E-state index < -0.39 is 18.0 Å². The number of carbonyl (C=O) groups is 2. The summed E-state index contributed by atoms with van der Waals surface area (Å²) in [5, 5.41) is 12.6. The molecule has 0 aromatic heterocycles. The first-order valence-electron chi connectivity index (χ1n) is 7.39. The number of amides is 1. The SMILES string of the molecule is COC(=O)N1CC(NCC2CCCC2)CC(C(=O)O)C1. The Hall–Kier alpha value is -1.30. The predicted octanol–water partition coefficient (Wildman–Crippen LogP) is 1.31. The van der Waals surface area contributed by atoms with Crippen LogP contribution in [0.25, 0.3) is 0 Å². The highest BCUT2D eigenvalue weighted by Crippen LogP contribution is 2.25. The van der Waals surface area contributed by atoms with Crippen molar-refractivity contribution in [2.45, 2.75) is 38.1 Å². The summed E-state index contributed by atoms with van der Waals surface area (Å²) in [4.78, 5) is 24.3. The van der Waals surface area contributed by atoms with E-state index >= 15 is 0 Å². The zero-order valence-electron chi connectivity index (χ0n) is 12.0. The molecule has 1 aliphatic carbocycles. The largest absolute Gasteiger partial charge is 0.481 e. The molecule has 0 radical (unpaired) electrons. The molecule has 1 amide bonds. The van der Waals surface area contributed by atoms with Crippen LogP contribution in [0.3, 0.4) is 0 Å². The van der Waals surface area contributed by atoms with Crippen molar-refractivity contribution in [3.63, 3.8) is 0 Å². The molecular weight excluding hydrogens is 260 g/mol. The number of carboxylic acid groups (broad SMARTS) is 1. The second-order valence-electron chi connectivity index (χ2n) is 5.90. The van der Waals surface area contributed by atoms with Crippen LogP contribution in [0, 0.1) is 11.8 Å². The van der Waals surface area contributed by atoms with Gasteiger partial charge in [0.05, 0.1) is 13.0 Å². The van der Waals surface area contributed by atoms with Crippen LogP contribution in [0.15, 0.2) is 0 Å². The molecular formula is C14H24N2O4. The summed E-state index contributed by atoms with van der Waals surface area (Å²) in [6.45, 7) is 1.69. The smallest absolute Gasteiger partial charge is 0.409 e. The van der Waals surface area contributed by atoms with Gasteiger partial charge in [0.2, 0.25) is 0 Å². The second-order valence-corrected chi connectivity index (χ2v) is 5.90. The maximum atomic E-state index is 11.6. The highest BCUT2D eigenvalue weighted by molar-refractivity contribution is 5.73. The highest BCUT2D eigenvalue weighted by Gasteiger charge is 2.34. The number of carbonyl (C=O) groups excluding carboxylic acids is 1. The van der Waals surface area contributed by atoms with Crippen molar-refractivity contribution in [1.29, 1.82) is 0 Å². The summed E-state index contributed by atoms with van der Waals surface area (Å²) in [6.07, 6.45) is 5.23. The maximum absolute atomic E-state index is 11.6. The van der Waals surface area contributed by atoms with Crippen LogP contribution in [0.2, 0.25) is 0 Å². The van der Waals surface area contributed by atoms with Crippen molar-refractivity contribution in [1.82, 2.24) is 10.2 Å². The number of aliphatic carboxylic acids is 1. The molecule has 6 heteroatoms. The Morgan fingerprint density at radius 3 is 2.60 bits per heavy atom. The van der Waals surface area contributed by atoms with Crippen LogP contribution >= 0.6 is 0 Å². The molecule has 0 bridgehead atoms. The van der Waals surface area contributed by atoms with E-state index in [-0.39, 0.29) is 12.6 Å². The van der Waals surface area contributed by atoms with E-state index in [1.54, 1.807) is 0 Å². The van der Waals surface area contributed by atoms with Gasteiger partial charge in [-0.2, -0.15) is 0 Å². The lowest BCUT2D eigenvalue weighted by Gasteiger charge is -2.36. The van der Waals surface area contributed by atoms with E-state index in [9.17, 15) is 14.7 Å². The van der Waals surface area contributed by atoms with Gasteiger partial charge in [0.1, 0.15) is 0 Å². The first kappa shape index (κ1) is 15.1. The number of hydrogen-bond acceptors (Lipinski definition) is 4. The summed E-state index contributed by atoms with van der Waals surface area (Å²) in [6, 6.07) is 0.0459. The molecule has 2 aliphatic rings. The van der Waals surface area contributed by atoms with Crippen molar-refractivity contribution in [3.8, 4) is 0 Å². The molecule has 0 aromatic rings. The quantitative estimate of drug-likeness (QED) is 0.813. The van der Waals surface area contributed by atoms with Crippen molar-refractivity contribution < 1.29 is 19.4 Å². The van der Waals surface area contributed by atoms with Crippen LogP contribution < -0.4 is 5.32 Å². The average molecular weight is 284 g/mol. The van der Waals surface area contributed by atoms with Crippen molar-refractivity contribution in [3.05, 3.63) is 0 Å². The molecule has 1 saturated heterocycles. The Bertz CT molecular complexity index is 355. The Morgan fingerprint density at radius 2 is 2.00 bits per heavy atom. The predicted molar refractivity (Wildman–Crippen MR) is 73.5 cm³/mol. The van der Waals surface area contributed by atoms with Gasteiger partial charge in [-0.15, -0.1) is 0 Å². The molecule has 0 spiro atoms. The highest BCUT2D eigenvalue weighted by atomic mass is 16.5. The Labute approximate surface area is 119 Å². The number of rotatable bonds is 4. The monoisotopic (exact) mass is 284 g/mol. The fraction of sp³-hybridized carbons (Fsp3) is 0.857. The Kier molecular flexibility index (Phi) is 5.23. The van der Waals surface area contributed by atoms with Crippen LogP contribution in [0.1, 0.15) is 32.1 Å². The van der Waals surface area contributed by atoms with Gasteiger partial charge in [-0.25, -0.2) is 4.79 Å². The third-order valence-electron chi connectivity index (χ3n) is 4.40. The van der Waals surface area contributed by atoms with Gasteiger partial charge in [0, 0.05) is 19.1 Å². The zero-order valence-corrected chi connectivity index (χ0v) is 12.0. The van der Waals surface area contributed by atoms with E-state index in [1.807, 2.05) is 0 Å². The summed E-state index contributed by atoms with van der Waals surface area (Å²) in [5.41, 5.74) is 0. The van der Waals surface area contributed by atoms with E-state index in [0.29, 0.717) is 18.9 Å². The number of piperidine rings is 1. The molecule has 20 heavy (non-hydrogen) atoms. The van der Waals surface area contributed by atoms with Crippen LogP contribution in [-0.4, -0.2) is 54.9 Å². The maximum Gasteiger partial charge on any atom is 0.409 e. The number of ether oxygens (including phenoxy) is 1. The molecule has 2 rings (SSSR count). The van der Waals surface area contributed by atoms with E-state index in [2.05, 4.69) is 5.32 Å². The summed E-state index contributed by atoms with van der Waals surface area (Å²) >= 11 is 0. The number of carboxylic acids is 1. The van der Waals surface area contributed by atoms with E-state index in [4.69, 9.17) is 4.74 Å². The first-order valence-corrected chi connectivity index (χ1v) is 7.39. The van der Waals surface area contributed by atoms with Crippen LogP contribution in [0.5, 0.6) is 0 Å². The standard InChI is InChI=1S/C14H24N2O4/c1-20-14(19)16-8-11(13(17)18)6-12(9-16)15-7-10-4-2-3-5-10/h10-12,15H,2-9H2,1H3,(H,17,18). The van der Waals surface area contributed by atoms with E-state index in [1.165, 1.54) is 37.7 Å². The van der Waals surface area contributed by atoms with Crippen molar-refractivity contribution >= 4 is 12.1 Å². The fourth-order valence-corrected chi connectivity index (χ4v) is 3.25. The minimum atomic E-state index is -0.841. The molecule has 2 N–H and O–H groups in total. The Balaban J connectivity index is 1.88. The molecule has 1 heterocycles. The van der Waals surface area contributed by atoms with Crippen LogP contribution in [-0.2, 0) is 9.53 Å².